The molecule has 5 heteroatoms. The van der Waals surface area contributed by atoms with Crippen molar-refractivity contribution in [3.63, 3.8) is 0 Å². The standard InChI is InChI=1S/C7H5N3O2/c11-6-8-5-3-1-2-4-10(5)7(12)9-6/h1-4H,(H,9,11,12). The first-order valence-corrected chi connectivity index (χ1v) is 3.35. The van der Waals surface area contributed by atoms with Crippen molar-refractivity contribution in [2.24, 2.45) is 0 Å². The lowest BCUT2D eigenvalue weighted by atomic mass is 10.5. The quantitative estimate of drug-likeness (QED) is 0.563. The molecule has 0 bridgehead atoms. The van der Waals surface area contributed by atoms with Crippen LogP contribution < -0.4 is 11.4 Å². The lowest BCUT2D eigenvalue weighted by molar-refractivity contribution is 0.904. The van der Waals surface area contributed by atoms with Gasteiger partial charge in [0.1, 0.15) is 5.65 Å². The smallest absolute Gasteiger partial charge is 0.257 e. The molecule has 2 rings (SSSR count). The molecule has 0 aliphatic rings. The summed E-state index contributed by atoms with van der Waals surface area (Å²) in [5, 5.41) is 0. The zero-order valence-corrected chi connectivity index (χ0v) is 6.02. The third-order valence-corrected chi connectivity index (χ3v) is 1.49. The maximum atomic E-state index is 11.1. The first-order chi connectivity index (χ1) is 5.77. The summed E-state index contributed by atoms with van der Waals surface area (Å²) in [4.78, 5) is 27.4. The largest absolute Gasteiger partial charge is 0.351 e. The van der Waals surface area contributed by atoms with Crippen LogP contribution in [0.3, 0.4) is 0 Å². The number of nitrogens with one attached hydrogen (secondary N) is 1. The van der Waals surface area contributed by atoms with Gasteiger partial charge in [0.15, 0.2) is 0 Å². The van der Waals surface area contributed by atoms with Crippen LogP contribution in [-0.4, -0.2) is 14.4 Å². The van der Waals surface area contributed by atoms with E-state index in [1.54, 1.807) is 24.4 Å². The molecule has 0 radical (unpaired) electrons. The molecule has 0 aliphatic carbocycles. The number of aromatic nitrogens is 3. The first-order valence-electron chi connectivity index (χ1n) is 3.35. The maximum absolute atomic E-state index is 11.1. The predicted molar refractivity (Wildman–Crippen MR) is 42.1 cm³/mol. The maximum Gasteiger partial charge on any atom is 0.351 e. The molecule has 2 aromatic heterocycles. The summed E-state index contributed by atoms with van der Waals surface area (Å²) < 4.78 is 1.27. The summed E-state index contributed by atoms with van der Waals surface area (Å²) in [6.45, 7) is 0. The van der Waals surface area contributed by atoms with Gasteiger partial charge in [0.25, 0.3) is 0 Å². The lowest BCUT2D eigenvalue weighted by Crippen LogP contribution is -2.27. The van der Waals surface area contributed by atoms with Crippen LogP contribution in [0.25, 0.3) is 5.65 Å². The van der Waals surface area contributed by atoms with Crippen LogP contribution in [0.5, 0.6) is 0 Å². The van der Waals surface area contributed by atoms with E-state index >= 15 is 0 Å². The highest BCUT2D eigenvalue weighted by Crippen LogP contribution is 1.89. The van der Waals surface area contributed by atoms with E-state index in [9.17, 15) is 9.59 Å². The Kier molecular flexibility index (Phi) is 1.30. The molecule has 0 atom stereocenters. The van der Waals surface area contributed by atoms with Crippen LogP contribution in [0.15, 0.2) is 34.0 Å². The first kappa shape index (κ1) is 6.78. The Morgan fingerprint density at radius 2 is 2.17 bits per heavy atom. The molecule has 2 aromatic rings. The van der Waals surface area contributed by atoms with E-state index in [2.05, 4.69) is 9.97 Å². The Morgan fingerprint density at radius 1 is 1.33 bits per heavy atom. The van der Waals surface area contributed by atoms with Crippen molar-refractivity contribution in [3.8, 4) is 0 Å². The van der Waals surface area contributed by atoms with Crippen LogP contribution >= 0.6 is 0 Å². The van der Waals surface area contributed by atoms with E-state index in [0.29, 0.717) is 5.65 Å². The van der Waals surface area contributed by atoms with E-state index in [1.807, 2.05) is 0 Å². The van der Waals surface area contributed by atoms with Gasteiger partial charge in [0.2, 0.25) is 0 Å². The number of fused-ring (bicyclic) bond motifs is 1. The van der Waals surface area contributed by atoms with Gasteiger partial charge in [-0.25, -0.2) is 9.59 Å². The number of rotatable bonds is 0. The Hall–Kier alpha value is -1.91. The topological polar surface area (TPSA) is 67.2 Å². The summed E-state index contributed by atoms with van der Waals surface area (Å²) >= 11 is 0. The van der Waals surface area contributed by atoms with Crippen molar-refractivity contribution in [2.75, 3.05) is 0 Å². The third-order valence-electron chi connectivity index (χ3n) is 1.49. The minimum Gasteiger partial charge on any atom is -0.257 e. The normalized spacial score (nSPS) is 10.3. The summed E-state index contributed by atoms with van der Waals surface area (Å²) in [6, 6.07) is 4.99. The molecular formula is C7H5N3O2. The summed E-state index contributed by atoms with van der Waals surface area (Å²) in [5.74, 6) is 0. The number of aromatic amines is 1. The molecule has 0 fully saturated rings. The van der Waals surface area contributed by atoms with Gasteiger partial charge in [-0.05, 0) is 12.1 Å². The second-order valence-corrected chi connectivity index (χ2v) is 2.28. The van der Waals surface area contributed by atoms with Crippen molar-refractivity contribution in [3.05, 3.63) is 45.4 Å². The van der Waals surface area contributed by atoms with E-state index in [-0.39, 0.29) is 0 Å². The molecule has 12 heavy (non-hydrogen) atoms. The molecule has 0 spiro atoms. The fraction of sp³-hybridized carbons (Fsp3) is 0. The lowest BCUT2D eigenvalue weighted by Gasteiger charge is -1.94. The number of pyridine rings is 1. The molecule has 60 valence electrons. The van der Waals surface area contributed by atoms with Crippen LogP contribution in [0.4, 0.5) is 0 Å². The van der Waals surface area contributed by atoms with Gasteiger partial charge < -0.3 is 0 Å². The fourth-order valence-corrected chi connectivity index (χ4v) is 0.981. The highest BCUT2D eigenvalue weighted by Gasteiger charge is 1.95. The zero-order valence-electron chi connectivity index (χ0n) is 6.02. The van der Waals surface area contributed by atoms with E-state index in [1.165, 1.54) is 4.40 Å². The Morgan fingerprint density at radius 3 is 3.00 bits per heavy atom. The van der Waals surface area contributed by atoms with Gasteiger partial charge in [0.05, 0.1) is 0 Å². The predicted octanol–water partition coefficient (Wildman–Crippen LogP) is -0.617. The summed E-state index contributed by atoms with van der Waals surface area (Å²) in [5.41, 5.74) is -0.733. The number of hydrogen-bond donors (Lipinski definition) is 1. The number of nitrogens with zero attached hydrogens (tertiary/aromatic N) is 2. The summed E-state index contributed by atoms with van der Waals surface area (Å²) in [6.07, 6.45) is 1.54. The van der Waals surface area contributed by atoms with Gasteiger partial charge >= 0.3 is 11.4 Å². The average Bonchev–Trinajstić information content (AvgIpc) is 2.04. The molecule has 0 unspecified atom stereocenters. The van der Waals surface area contributed by atoms with Gasteiger partial charge in [-0.1, -0.05) is 6.07 Å². The van der Waals surface area contributed by atoms with Crippen molar-refractivity contribution in [1.82, 2.24) is 14.4 Å². The Labute approximate surface area is 66.3 Å². The zero-order chi connectivity index (χ0) is 8.55. The van der Waals surface area contributed by atoms with Crippen LogP contribution in [0.2, 0.25) is 0 Å². The van der Waals surface area contributed by atoms with E-state index in [4.69, 9.17) is 0 Å². The molecule has 0 amide bonds. The van der Waals surface area contributed by atoms with Gasteiger partial charge in [-0.15, -0.1) is 0 Å². The van der Waals surface area contributed by atoms with Gasteiger partial charge in [-0.2, -0.15) is 4.98 Å². The van der Waals surface area contributed by atoms with E-state index < -0.39 is 11.4 Å². The minimum atomic E-state index is -0.619. The van der Waals surface area contributed by atoms with Crippen molar-refractivity contribution < 1.29 is 0 Å². The van der Waals surface area contributed by atoms with Crippen LogP contribution in [0, 0.1) is 0 Å². The summed E-state index contributed by atoms with van der Waals surface area (Å²) in [7, 11) is 0. The monoisotopic (exact) mass is 163 g/mol. The number of hydrogen-bond acceptors (Lipinski definition) is 3. The highest BCUT2D eigenvalue weighted by molar-refractivity contribution is 5.34. The third kappa shape index (κ3) is 0.914. The van der Waals surface area contributed by atoms with Gasteiger partial charge in [-0.3, -0.25) is 9.38 Å². The molecular weight excluding hydrogens is 158 g/mol. The SMILES string of the molecule is O=c1nc2ccccn2c(=O)[nH]1. The van der Waals surface area contributed by atoms with E-state index in [0.717, 1.165) is 0 Å². The Balaban J connectivity index is 3.09. The van der Waals surface area contributed by atoms with Crippen LogP contribution in [-0.2, 0) is 0 Å². The molecule has 2 heterocycles. The second kappa shape index (κ2) is 2.30. The molecule has 0 saturated carbocycles. The molecule has 1 N–H and O–H groups in total. The van der Waals surface area contributed by atoms with Crippen molar-refractivity contribution >= 4 is 5.65 Å². The minimum absolute atomic E-state index is 0.353. The highest BCUT2D eigenvalue weighted by atomic mass is 16.2. The van der Waals surface area contributed by atoms with Crippen LogP contribution in [0.1, 0.15) is 0 Å². The molecule has 5 nitrogen and oxygen atoms in total. The molecule has 0 aliphatic heterocycles. The Bertz CT molecular complexity index is 526. The van der Waals surface area contributed by atoms with Crippen molar-refractivity contribution in [2.45, 2.75) is 0 Å². The van der Waals surface area contributed by atoms with Crippen molar-refractivity contribution in [1.29, 1.82) is 0 Å². The fourth-order valence-electron chi connectivity index (χ4n) is 0.981. The average molecular weight is 163 g/mol. The van der Waals surface area contributed by atoms with Gasteiger partial charge in [0, 0.05) is 6.20 Å². The second-order valence-electron chi connectivity index (χ2n) is 2.28. The molecule has 0 aromatic carbocycles. The molecule has 0 saturated heterocycles. The number of H-pyrrole nitrogens is 1.